The molecule has 1 amide bonds. The quantitative estimate of drug-likeness (QED) is 0.224. The Labute approximate surface area is 217 Å². The zero-order valence-electron chi connectivity index (χ0n) is 16.1. The minimum absolute atomic E-state index is 0.0618. The summed E-state index contributed by atoms with van der Waals surface area (Å²) in [5.41, 5.74) is 1.92. The summed E-state index contributed by atoms with van der Waals surface area (Å²) in [7, 11) is 0. The first kappa shape index (κ1) is 24.6. The lowest BCUT2D eigenvalue weighted by atomic mass is 10.1. The van der Waals surface area contributed by atoms with Crippen LogP contribution in [0.2, 0.25) is 15.1 Å². The van der Waals surface area contributed by atoms with Crippen LogP contribution in [-0.4, -0.2) is 5.91 Å². The van der Waals surface area contributed by atoms with Crippen molar-refractivity contribution in [3.63, 3.8) is 0 Å². The van der Waals surface area contributed by atoms with E-state index in [9.17, 15) is 10.1 Å². The first-order chi connectivity index (χ1) is 15.3. The fourth-order valence-corrected chi connectivity index (χ4v) is 4.63. The highest BCUT2D eigenvalue weighted by Gasteiger charge is 2.13. The number of halogens is 5. The lowest BCUT2D eigenvalue weighted by Gasteiger charge is -2.12. The summed E-state index contributed by atoms with van der Waals surface area (Å²) < 4.78 is 7.19. The normalized spacial score (nSPS) is 11.1. The van der Waals surface area contributed by atoms with Gasteiger partial charge in [0.1, 0.15) is 24.0 Å². The maximum atomic E-state index is 12.5. The van der Waals surface area contributed by atoms with Crippen molar-refractivity contribution in [3.05, 3.63) is 95.3 Å². The zero-order chi connectivity index (χ0) is 23.3. The number of nitrogens with zero attached hydrogens (tertiary/aromatic N) is 1. The third kappa shape index (κ3) is 6.50. The molecule has 0 atom stereocenters. The Morgan fingerprint density at radius 2 is 1.75 bits per heavy atom. The summed E-state index contributed by atoms with van der Waals surface area (Å²) in [6, 6.07) is 17.4. The van der Waals surface area contributed by atoms with Crippen LogP contribution in [0.25, 0.3) is 6.08 Å². The van der Waals surface area contributed by atoms with E-state index in [0.29, 0.717) is 41.0 Å². The molecule has 0 aliphatic carbocycles. The van der Waals surface area contributed by atoms with Crippen LogP contribution < -0.4 is 10.1 Å². The molecule has 0 aliphatic rings. The Morgan fingerprint density at radius 3 is 2.38 bits per heavy atom. The molecule has 0 spiro atoms. The van der Waals surface area contributed by atoms with E-state index < -0.39 is 5.91 Å². The Morgan fingerprint density at radius 1 is 1.03 bits per heavy atom. The molecule has 32 heavy (non-hydrogen) atoms. The van der Waals surface area contributed by atoms with Crippen LogP contribution in [0.4, 0.5) is 5.69 Å². The van der Waals surface area contributed by atoms with Gasteiger partial charge in [-0.3, -0.25) is 4.79 Å². The van der Waals surface area contributed by atoms with Crippen LogP contribution in [0.1, 0.15) is 11.1 Å². The zero-order valence-corrected chi connectivity index (χ0v) is 21.6. The molecule has 3 aromatic rings. The molecular formula is C23H13Br2Cl3N2O2. The SMILES string of the molecule is N#C/C(=C\c1cc(Br)c(OCc2ccc(Cl)c(Cl)c2)c(Br)c1)C(=O)Nc1cccc(Cl)c1. The molecule has 162 valence electrons. The molecule has 0 aromatic heterocycles. The van der Waals surface area contributed by atoms with Gasteiger partial charge in [-0.05, 0) is 91.5 Å². The van der Waals surface area contributed by atoms with E-state index in [2.05, 4.69) is 37.2 Å². The molecule has 0 aliphatic heterocycles. The molecule has 0 saturated carbocycles. The summed E-state index contributed by atoms with van der Waals surface area (Å²) in [4.78, 5) is 12.5. The molecule has 0 saturated heterocycles. The number of nitriles is 1. The third-order valence-corrected chi connectivity index (χ3v) is 6.30. The smallest absolute Gasteiger partial charge is 0.266 e. The van der Waals surface area contributed by atoms with Crippen LogP contribution in [-0.2, 0) is 11.4 Å². The Balaban J connectivity index is 1.77. The van der Waals surface area contributed by atoms with Crippen molar-refractivity contribution in [3.8, 4) is 11.8 Å². The first-order valence-corrected chi connectivity index (χ1v) is 11.7. The Kier molecular flexibility index (Phi) is 8.64. The second-order valence-electron chi connectivity index (χ2n) is 6.49. The van der Waals surface area contributed by atoms with Gasteiger partial charge in [0.25, 0.3) is 5.91 Å². The van der Waals surface area contributed by atoms with Gasteiger partial charge < -0.3 is 10.1 Å². The Bertz CT molecular complexity index is 1230. The molecule has 3 aromatic carbocycles. The maximum Gasteiger partial charge on any atom is 0.266 e. The number of carbonyl (C=O) groups is 1. The van der Waals surface area contributed by atoms with Crippen molar-refractivity contribution in [1.82, 2.24) is 0 Å². The molecule has 3 rings (SSSR count). The van der Waals surface area contributed by atoms with Gasteiger partial charge in [0.2, 0.25) is 0 Å². The Hall–Kier alpha value is -2.01. The second-order valence-corrected chi connectivity index (χ2v) is 9.44. The number of hydrogen-bond acceptors (Lipinski definition) is 3. The van der Waals surface area contributed by atoms with Crippen LogP contribution in [0, 0.1) is 11.3 Å². The van der Waals surface area contributed by atoms with Gasteiger partial charge in [0, 0.05) is 10.7 Å². The van der Waals surface area contributed by atoms with E-state index in [4.69, 9.17) is 39.5 Å². The minimum Gasteiger partial charge on any atom is -0.487 e. The van der Waals surface area contributed by atoms with Crippen LogP contribution in [0.3, 0.4) is 0 Å². The highest BCUT2D eigenvalue weighted by Crippen LogP contribution is 2.36. The van der Waals surface area contributed by atoms with Gasteiger partial charge in [0.05, 0.1) is 19.0 Å². The summed E-state index contributed by atoms with van der Waals surface area (Å²) in [5, 5.41) is 13.5. The van der Waals surface area contributed by atoms with E-state index in [0.717, 1.165) is 5.56 Å². The largest absolute Gasteiger partial charge is 0.487 e. The number of nitrogens with one attached hydrogen (secondary N) is 1. The maximum absolute atomic E-state index is 12.5. The molecule has 0 heterocycles. The average Bonchev–Trinajstić information content (AvgIpc) is 2.73. The van der Waals surface area contributed by atoms with E-state index in [1.54, 1.807) is 48.5 Å². The summed E-state index contributed by atoms with van der Waals surface area (Å²) >= 11 is 24.9. The lowest BCUT2D eigenvalue weighted by Crippen LogP contribution is -2.13. The van der Waals surface area contributed by atoms with Gasteiger partial charge in [0.15, 0.2) is 0 Å². The van der Waals surface area contributed by atoms with Crippen LogP contribution >= 0.6 is 66.7 Å². The van der Waals surface area contributed by atoms with Crippen LogP contribution in [0.5, 0.6) is 5.75 Å². The molecular weight excluding hydrogens is 602 g/mol. The number of carbonyl (C=O) groups excluding carboxylic acids is 1. The number of hydrogen-bond donors (Lipinski definition) is 1. The third-order valence-electron chi connectivity index (χ3n) is 4.15. The van der Waals surface area contributed by atoms with E-state index >= 15 is 0 Å². The number of rotatable bonds is 6. The molecule has 0 unspecified atom stereocenters. The number of ether oxygens (including phenoxy) is 1. The molecule has 0 bridgehead atoms. The van der Waals surface area contributed by atoms with Crippen molar-refractivity contribution >= 4 is 84.3 Å². The minimum atomic E-state index is -0.540. The number of anilines is 1. The molecule has 0 radical (unpaired) electrons. The highest BCUT2D eigenvalue weighted by molar-refractivity contribution is 9.11. The van der Waals surface area contributed by atoms with Gasteiger partial charge in [-0.1, -0.05) is 46.9 Å². The standard InChI is InChI=1S/C23H13Br2Cl3N2O2/c24-18-7-14(6-15(11-29)23(31)30-17-3-1-2-16(26)10-17)8-19(25)22(18)32-12-13-4-5-20(27)21(28)9-13/h1-10H,12H2,(H,30,31)/b15-6+. The number of amides is 1. The van der Waals surface area contributed by atoms with Crippen molar-refractivity contribution in [1.29, 1.82) is 5.26 Å². The summed E-state index contributed by atoms with van der Waals surface area (Å²) in [6.07, 6.45) is 1.48. The van der Waals surface area contributed by atoms with Crippen molar-refractivity contribution in [2.75, 3.05) is 5.32 Å². The van der Waals surface area contributed by atoms with Gasteiger partial charge in [-0.2, -0.15) is 5.26 Å². The predicted octanol–water partition coefficient (Wildman–Crippen LogP) is 8.30. The molecule has 4 nitrogen and oxygen atoms in total. The summed E-state index contributed by atoms with van der Waals surface area (Å²) in [5.74, 6) is 0.0251. The van der Waals surface area contributed by atoms with E-state index in [1.165, 1.54) is 6.08 Å². The van der Waals surface area contributed by atoms with Crippen molar-refractivity contribution < 1.29 is 9.53 Å². The lowest BCUT2D eigenvalue weighted by molar-refractivity contribution is -0.112. The predicted molar refractivity (Wildman–Crippen MR) is 136 cm³/mol. The van der Waals surface area contributed by atoms with Gasteiger partial charge >= 0.3 is 0 Å². The molecule has 0 fully saturated rings. The van der Waals surface area contributed by atoms with Crippen LogP contribution in [0.15, 0.2) is 69.1 Å². The van der Waals surface area contributed by atoms with Gasteiger partial charge in [-0.25, -0.2) is 0 Å². The van der Waals surface area contributed by atoms with Crippen molar-refractivity contribution in [2.45, 2.75) is 6.61 Å². The highest BCUT2D eigenvalue weighted by atomic mass is 79.9. The fourth-order valence-electron chi connectivity index (χ4n) is 2.67. The second kappa shape index (κ2) is 11.2. The average molecular weight is 616 g/mol. The number of benzene rings is 3. The monoisotopic (exact) mass is 612 g/mol. The van der Waals surface area contributed by atoms with Crippen molar-refractivity contribution in [2.24, 2.45) is 0 Å². The first-order valence-electron chi connectivity index (χ1n) is 9.01. The van der Waals surface area contributed by atoms with E-state index in [-0.39, 0.29) is 12.2 Å². The molecule has 1 N–H and O–H groups in total. The molecule has 9 heteroatoms. The van der Waals surface area contributed by atoms with Gasteiger partial charge in [-0.15, -0.1) is 0 Å². The van der Waals surface area contributed by atoms with E-state index in [1.807, 2.05) is 12.1 Å². The summed E-state index contributed by atoms with van der Waals surface area (Å²) in [6.45, 7) is 0.273. The fraction of sp³-hybridized carbons (Fsp3) is 0.0435. The topological polar surface area (TPSA) is 62.1 Å².